The lowest BCUT2D eigenvalue weighted by Gasteiger charge is -2.29. The lowest BCUT2D eigenvalue weighted by Crippen LogP contribution is -2.36. The average molecular weight is 669 g/mol. The molecular formula is C44H80N2O2. The van der Waals surface area contributed by atoms with Gasteiger partial charge in [-0.3, -0.25) is 0 Å². The zero-order valence-electron chi connectivity index (χ0n) is 32.3. The van der Waals surface area contributed by atoms with E-state index in [1.807, 2.05) is 4.90 Å². The van der Waals surface area contributed by atoms with Crippen LogP contribution in [-0.4, -0.2) is 55.7 Å². The van der Waals surface area contributed by atoms with E-state index >= 15 is 0 Å². The third kappa shape index (κ3) is 29.1. The summed E-state index contributed by atoms with van der Waals surface area (Å²) >= 11 is 0. The molecule has 1 aliphatic rings. The highest BCUT2D eigenvalue weighted by Crippen LogP contribution is 2.17. The van der Waals surface area contributed by atoms with Crippen LogP contribution in [0.3, 0.4) is 0 Å². The van der Waals surface area contributed by atoms with Gasteiger partial charge in [0.15, 0.2) is 0 Å². The van der Waals surface area contributed by atoms with E-state index in [-0.39, 0.29) is 6.09 Å². The van der Waals surface area contributed by atoms with Gasteiger partial charge < -0.3 is 14.5 Å². The SMILES string of the molecule is CCCCCC=CCC=CCCCCCCCCN(CCCCCCCCC=CCC=CCCCCC)C(=O)OCC1CCN(C)CC1. The Morgan fingerprint density at radius 1 is 0.562 bits per heavy atom. The second-order valence-corrected chi connectivity index (χ2v) is 14.5. The van der Waals surface area contributed by atoms with E-state index in [0.717, 1.165) is 64.7 Å². The molecule has 1 fully saturated rings. The van der Waals surface area contributed by atoms with Crippen molar-refractivity contribution in [1.29, 1.82) is 0 Å². The number of hydrogen-bond acceptors (Lipinski definition) is 3. The van der Waals surface area contributed by atoms with Crippen LogP contribution in [0.1, 0.15) is 181 Å². The number of rotatable bonds is 32. The Hall–Kier alpha value is -1.81. The molecule has 278 valence electrons. The number of ether oxygens (including phenoxy) is 1. The second kappa shape index (κ2) is 35.0. The molecule has 0 aromatic rings. The monoisotopic (exact) mass is 669 g/mol. The number of carbonyl (C=O) groups excluding carboxylic acids is 1. The minimum absolute atomic E-state index is 0.0703. The lowest BCUT2D eigenvalue weighted by molar-refractivity contribution is 0.0719. The number of amides is 1. The predicted molar refractivity (Wildman–Crippen MR) is 212 cm³/mol. The number of allylic oxidation sites excluding steroid dienone is 8. The minimum Gasteiger partial charge on any atom is -0.449 e. The van der Waals surface area contributed by atoms with Crippen molar-refractivity contribution >= 4 is 6.09 Å². The first-order valence-electron chi connectivity index (χ1n) is 20.9. The molecule has 0 aliphatic carbocycles. The first-order valence-corrected chi connectivity index (χ1v) is 20.9. The molecule has 1 heterocycles. The van der Waals surface area contributed by atoms with Crippen LogP contribution in [0.4, 0.5) is 4.79 Å². The van der Waals surface area contributed by atoms with Gasteiger partial charge in [-0.05, 0) is 116 Å². The van der Waals surface area contributed by atoms with Crippen LogP contribution in [0.25, 0.3) is 0 Å². The number of hydrogen-bond donors (Lipinski definition) is 0. The van der Waals surface area contributed by atoms with Crippen molar-refractivity contribution in [3.63, 3.8) is 0 Å². The van der Waals surface area contributed by atoms with E-state index in [0.29, 0.717) is 12.5 Å². The van der Waals surface area contributed by atoms with Crippen LogP contribution in [0, 0.1) is 5.92 Å². The fourth-order valence-corrected chi connectivity index (χ4v) is 6.39. The summed E-state index contributed by atoms with van der Waals surface area (Å²) in [5.41, 5.74) is 0. The maximum atomic E-state index is 13.1. The first-order chi connectivity index (χ1) is 23.7. The third-order valence-electron chi connectivity index (χ3n) is 9.80. The molecule has 0 spiro atoms. The topological polar surface area (TPSA) is 32.8 Å². The van der Waals surface area contributed by atoms with Crippen molar-refractivity contribution in [2.24, 2.45) is 5.92 Å². The van der Waals surface area contributed by atoms with Gasteiger partial charge in [-0.1, -0.05) is 140 Å². The summed E-state index contributed by atoms with van der Waals surface area (Å²) < 4.78 is 5.88. The summed E-state index contributed by atoms with van der Waals surface area (Å²) in [7, 11) is 2.18. The summed E-state index contributed by atoms with van der Waals surface area (Å²) in [5.74, 6) is 0.524. The molecule has 0 saturated carbocycles. The first kappa shape index (κ1) is 44.2. The van der Waals surface area contributed by atoms with E-state index < -0.39 is 0 Å². The summed E-state index contributed by atoms with van der Waals surface area (Å²) in [5, 5.41) is 0. The molecular weight excluding hydrogens is 588 g/mol. The molecule has 0 atom stereocenters. The fraction of sp³-hybridized carbons (Fsp3) is 0.795. The molecule has 1 amide bonds. The maximum absolute atomic E-state index is 13.1. The Bertz CT molecular complexity index is 761. The maximum Gasteiger partial charge on any atom is 0.409 e. The van der Waals surface area contributed by atoms with Crippen molar-refractivity contribution < 1.29 is 9.53 Å². The predicted octanol–water partition coefficient (Wildman–Crippen LogP) is 13.4. The molecule has 0 radical (unpaired) electrons. The second-order valence-electron chi connectivity index (χ2n) is 14.5. The van der Waals surface area contributed by atoms with Gasteiger partial charge in [0.05, 0.1) is 6.61 Å². The summed E-state index contributed by atoms with van der Waals surface area (Å²) in [6, 6.07) is 0. The van der Waals surface area contributed by atoms with Gasteiger partial charge in [0.25, 0.3) is 0 Å². The van der Waals surface area contributed by atoms with Crippen LogP contribution in [-0.2, 0) is 4.74 Å². The van der Waals surface area contributed by atoms with E-state index in [1.54, 1.807) is 0 Å². The molecule has 0 aromatic heterocycles. The number of likely N-dealkylation sites (tertiary alicyclic amines) is 1. The Balaban J connectivity index is 2.19. The molecule has 0 bridgehead atoms. The number of carbonyl (C=O) groups is 1. The highest BCUT2D eigenvalue weighted by Gasteiger charge is 2.20. The lowest BCUT2D eigenvalue weighted by atomic mass is 9.98. The number of nitrogens with zero attached hydrogens (tertiary/aromatic N) is 2. The molecule has 0 N–H and O–H groups in total. The fourth-order valence-electron chi connectivity index (χ4n) is 6.39. The molecule has 4 heteroatoms. The van der Waals surface area contributed by atoms with Crippen LogP contribution < -0.4 is 0 Å². The highest BCUT2D eigenvalue weighted by atomic mass is 16.6. The van der Waals surface area contributed by atoms with Crippen LogP contribution in [0.2, 0.25) is 0 Å². The summed E-state index contributed by atoms with van der Waals surface area (Å²) in [6.07, 6.45) is 50.8. The van der Waals surface area contributed by atoms with E-state index in [2.05, 4.69) is 74.4 Å². The van der Waals surface area contributed by atoms with Crippen LogP contribution in [0.15, 0.2) is 48.6 Å². The molecule has 48 heavy (non-hydrogen) atoms. The largest absolute Gasteiger partial charge is 0.449 e. The van der Waals surface area contributed by atoms with Crippen molar-refractivity contribution in [3.8, 4) is 0 Å². The molecule has 4 nitrogen and oxygen atoms in total. The van der Waals surface area contributed by atoms with Gasteiger partial charge in [-0.15, -0.1) is 0 Å². The number of piperidine rings is 1. The van der Waals surface area contributed by atoms with Gasteiger partial charge in [-0.2, -0.15) is 0 Å². The zero-order chi connectivity index (χ0) is 34.6. The van der Waals surface area contributed by atoms with E-state index in [4.69, 9.17) is 4.74 Å². The number of unbranched alkanes of at least 4 members (excludes halogenated alkanes) is 18. The third-order valence-corrected chi connectivity index (χ3v) is 9.80. The zero-order valence-corrected chi connectivity index (χ0v) is 32.3. The normalized spacial score (nSPS) is 14.8. The van der Waals surface area contributed by atoms with Crippen molar-refractivity contribution in [2.75, 3.05) is 39.8 Å². The smallest absolute Gasteiger partial charge is 0.409 e. The standard InChI is InChI=1S/C44H80N2O2/c1-4-6-8-10-12-14-16-18-20-22-24-26-28-30-32-34-38-46(44(47)48-42-43-36-40-45(3)41-37-43)39-35-33-31-29-27-25-23-21-19-17-15-13-11-9-7-5-2/h12-15,18-21,43H,4-11,16-17,22-42H2,1-3H3. The molecule has 0 unspecified atom stereocenters. The average Bonchev–Trinajstić information content (AvgIpc) is 3.10. The van der Waals surface area contributed by atoms with E-state index in [9.17, 15) is 4.79 Å². The van der Waals surface area contributed by atoms with Gasteiger partial charge >= 0.3 is 6.09 Å². The van der Waals surface area contributed by atoms with E-state index in [1.165, 1.54) is 128 Å². The Morgan fingerprint density at radius 2 is 0.938 bits per heavy atom. The summed E-state index contributed by atoms with van der Waals surface area (Å²) in [4.78, 5) is 17.5. The van der Waals surface area contributed by atoms with Crippen LogP contribution in [0.5, 0.6) is 0 Å². The van der Waals surface area contributed by atoms with Crippen LogP contribution >= 0.6 is 0 Å². The molecule has 1 rings (SSSR count). The van der Waals surface area contributed by atoms with Crippen molar-refractivity contribution in [2.45, 2.75) is 181 Å². The highest BCUT2D eigenvalue weighted by molar-refractivity contribution is 5.67. The van der Waals surface area contributed by atoms with Crippen molar-refractivity contribution in [1.82, 2.24) is 9.80 Å². The van der Waals surface area contributed by atoms with Gasteiger partial charge in [-0.25, -0.2) is 4.79 Å². The quantitative estimate of drug-likeness (QED) is 0.0528. The Morgan fingerprint density at radius 3 is 1.35 bits per heavy atom. The minimum atomic E-state index is -0.0703. The Kier molecular flexibility index (Phi) is 32.3. The van der Waals surface area contributed by atoms with Gasteiger partial charge in [0.2, 0.25) is 0 Å². The Labute approximate surface area is 299 Å². The molecule has 0 aromatic carbocycles. The molecule has 1 saturated heterocycles. The molecule has 1 aliphatic heterocycles. The van der Waals surface area contributed by atoms with Gasteiger partial charge in [0, 0.05) is 13.1 Å². The van der Waals surface area contributed by atoms with Crippen molar-refractivity contribution in [3.05, 3.63) is 48.6 Å². The van der Waals surface area contributed by atoms with Gasteiger partial charge in [0.1, 0.15) is 0 Å². The summed E-state index contributed by atoms with van der Waals surface area (Å²) in [6.45, 7) is 9.05.